The number of fused-ring (bicyclic) bond motifs is 1. The molecule has 112 valence electrons. The van der Waals surface area contributed by atoms with Crippen molar-refractivity contribution < 1.29 is 0 Å². The minimum atomic E-state index is 0.813. The lowest BCUT2D eigenvalue weighted by Gasteiger charge is -2.08. The quantitative estimate of drug-likeness (QED) is 0.660. The number of nitrogen functional groups attached to an aromatic ring is 1. The molecule has 3 aromatic carbocycles. The Morgan fingerprint density at radius 1 is 0.783 bits per heavy atom. The van der Waals surface area contributed by atoms with Gasteiger partial charge in [-0.3, -0.25) is 0 Å². The van der Waals surface area contributed by atoms with Gasteiger partial charge in [-0.15, -0.1) is 0 Å². The molecule has 0 saturated carbocycles. The van der Waals surface area contributed by atoms with E-state index in [1.165, 1.54) is 28.0 Å². The summed E-state index contributed by atoms with van der Waals surface area (Å²) in [4.78, 5) is 0. The van der Waals surface area contributed by atoms with Gasteiger partial charge in [-0.1, -0.05) is 66.7 Å². The highest BCUT2D eigenvalue weighted by molar-refractivity contribution is 5.99. The van der Waals surface area contributed by atoms with Gasteiger partial charge in [0.05, 0.1) is 0 Å². The van der Waals surface area contributed by atoms with E-state index in [1.54, 1.807) is 0 Å². The van der Waals surface area contributed by atoms with Crippen LogP contribution in [0.3, 0.4) is 0 Å². The number of nitrogens with one attached hydrogen (secondary N) is 1. The van der Waals surface area contributed by atoms with Crippen molar-refractivity contribution in [3.63, 3.8) is 0 Å². The number of para-hydroxylation sites is 2. The van der Waals surface area contributed by atoms with Crippen molar-refractivity contribution in [1.29, 1.82) is 0 Å². The summed E-state index contributed by atoms with van der Waals surface area (Å²) in [5, 5.41) is 3.55. The van der Waals surface area contributed by atoms with Crippen LogP contribution in [0.5, 0.6) is 0 Å². The summed E-state index contributed by atoms with van der Waals surface area (Å²) >= 11 is 0. The summed E-state index contributed by atoms with van der Waals surface area (Å²) in [7, 11) is 0. The van der Waals surface area contributed by atoms with Gasteiger partial charge < -0.3 is 11.1 Å². The molecule has 0 saturated heterocycles. The molecule has 0 amide bonds. The molecule has 0 spiro atoms. The topological polar surface area (TPSA) is 38.0 Å². The lowest BCUT2D eigenvalue weighted by molar-refractivity contribution is 1.45. The average Bonchev–Trinajstić information content (AvgIpc) is 3.01. The van der Waals surface area contributed by atoms with Crippen molar-refractivity contribution in [2.75, 3.05) is 17.6 Å². The SMILES string of the molecule is Nc1ccccc1/C=C1\CNc2c1cccc2-c1ccccc1. The van der Waals surface area contributed by atoms with Gasteiger partial charge in [-0.2, -0.15) is 0 Å². The molecular formula is C21H18N2. The summed E-state index contributed by atoms with van der Waals surface area (Å²) in [5.74, 6) is 0. The molecule has 0 radical (unpaired) electrons. The second-order valence-corrected chi connectivity index (χ2v) is 5.75. The molecule has 1 heterocycles. The molecular weight excluding hydrogens is 280 g/mol. The Hall–Kier alpha value is -3.00. The third kappa shape index (κ3) is 2.49. The van der Waals surface area contributed by atoms with Crippen LogP contribution in [0, 0.1) is 0 Å². The number of benzene rings is 3. The van der Waals surface area contributed by atoms with E-state index in [2.05, 4.69) is 59.9 Å². The van der Waals surface area contributed by atoms with Gasteiger partial charge in [0.2, 0.25) is 0 Å². The van der Waals surface area contributed by atoms with Crippen LogP contribution in [0.15, 0.2) is 72.8 Å². The van der Waals surface area contributed by atoms with Crippen LogP contribution in [0.2, 0.25) is 0 Å². The van der Waals surface area contributed by atoms with Crippen LogP contribution in [0.4, 0.5) is 11.4 Å². The van der Waals surface area contributed by atoms with Gasteiger partial charge in [0.15, 0.2) is 0 Å². The molecule has 0 atom stereocenters. The highest BCUT2D eigenvalue weighted by atomic mass is 14.9. The summed E-state index contributed by atoms with van der Waals surface area (Å²) in [6, 6.07) is 24.9. The normalized spacial score (nSPS) is 14.5. The van der Waals surface area contributed by atoms with Gasteiger partial charge in [-0.05, 0) is 28.8 Å². The Balaban J connectivity index is 1.81. The van der Waals surface area contributed by atoms with Crippen molar-refractivity contribution in [2.24, 2.45) is 0 Å². The summed E-state index contributed by atoms with van der Waals surface area (Å²) in [5.41, 5.74) is 14.2. The summed E-state index contributed by atoms with van der Waals surface area (Å²) in [6.07, 6.45) is 2.18. The minimum Gasteiger partial charge on any atom is -0.398 e. The fourth-order valence-electron chi connectivity index (χ4n) is 3.11. The molecule has 1 aliphatic heterocycles. The van der Waals surface area contributed by atoms with Gasteiger partial charge >= 0.3 is 0 Å². The zero-order chi connectivity index (χ0) is 15.6. The zero-order valence-corrected chi connectivity index (χ0v) is 12.8. The molecule has 3 N–H and O–H groups in total. The van der Waals surface area contributed by atoms with E-state index in [-0.39, 0.29) is 0 Å². The van der Waals surface area contributed by atoms with Crippen LogP contribution in [-0.2, 0) is 0 Å². The highest BCUT2D eigenvalue weighted by Gasteiger charge is 2.19. The van der Waals surface area contributed by atoms with Gasteiger partial charge in [0, 0.05) is 29.0 Å². The fraction of sp³-hybridized carbons (Fsp3) is 0.0476. The molecule has 0 aromatic heterocycles. The molecule has 3 aromatic rings. The molecule has 2 nitrogen and oxygen atoms in total. The van der Waals surface area contributed by atoms with Crippen LogP contribution in [0.1, 0.15) is 11.1 Å². The van der Waals surface area contributed by atoms with Crippen molar-refractivity contribution in [2.45, 2.75) is 0 Å². The third-order valence-corrected chi connectivity index (χ3v) is 4.28. The number of hydrogen-bond acceptors (Lipinski definition) is 2. The van der Waals surface area contributed by atoms with Crippen molar-refractivity contribution in [3.8, 4) is 11.1 Å². The molecule has 0 aliphatic carbocycles. The predicted octanol–water partition coefficient (Wildman–Crippen LogP) is 4.90. The largest absolute Gasteiger partial charge is 0.398 e. The van der Waals surface area contributed by atoms with Gasteiger partial charge in [-0.25, -0.2) is 0 Å². The maximum Gasteiger partial charge on any atom is 0.0499 e. The lowest BCUT2D eigenvalue weighted by Crippen LogP contribution is -1.94. The van der Waals surface area contributed by atoms with E-state index in [4.69, 9.17) is 5.73 Å². The first kappa shape index (κ1) is 13.6. The minimum absolute atomic E-state index is 0.813. The summed E-state index contributed by atoms with van der Waals surface area (Å²) in [6.45, 7) is 0.827. The maximum atomic E-state index is 6.07. The van der Waals surface area contributed by atoms with E-state index in [9.17, 15) is 0 Å². The van der Waals surface area contributed by atoms with E-state index in [0.29, 0.717) is 0 Å². The fourth-order valence-corrected chi connectivity index (χ4v) is 3.11. The molecule has 0 unspecified atom stereocenters. The first-order valence-corrected chi connectivity index (χ1v) is 7.81. The zero-order valence-electron chi connectivity index (χ0n) is 12.8. The summed E-state index contributed by atoms with van der Waals surface area (Å²) < 4.78 is 0. The Morgan fingerprint density at radius 2 is 1.52 bits per heavy atom. The highest BCUT2D eigenvalue weighted by Crippen LogP contribution is 2.39. The third-order valence-electron chi connectivity index (χ3n) is 4.28. The van der Waals surface area contributed by atoms with Crippen LogP contribution >= 0.6 is 0 Å². The Kier molecular flexibility index (Phi) is 3.35. The van der Waals surface area contributed by atoms with E-state index >= 15 is 0 Å². The van der Waals surface area contributed by atoms with Crippen LogP contribution in [0.25, 0.3) is 22.8 Å². The second kappa shape index (κ2) is 5.65. The molecule has 23 heavy (non-hydrogen) atoms. The molecule has 0 fully saturated rings. The van der Waals surface area contributed by atoms with E-state index < -0.39 is 0 Å². The van der Waals surface area contributed by atoms with E-state index in [1.807, 2.05) is 24.3 Å². The second-order valence-electron chi connectivity index (χ2n) is 5.75. The lowest BCUT2D eigenvalue weighted by atomic mass is 9.98. The standard InChI is InChI=1S/C21H18N2/c22-20-12-5-4-9-16(20)13-17-14-23-21-18(10-6-11-19(17)21)15-7-2-1-3-8-15/h1-13,23H,14,22H2/b17-13+. The maximum absolute atomic E-state index is 6.07. The van der Waals surface area contributed by atoms with Crippen LogP contribution in [-0.4, -0.2) is 6.54 Å². The first-order valence-electron chi connectivity index (χ1n) is 7.81. The van der Waals surface area contributed by atoms with Crippen LogP contribution < -0.4 is 11.1 Å². The number of rotatable bonds is 2. The van der Waals surface area contributed by atoms with Crippen molar-refractivity contribution >= 4 is 23.0 Å². The average molecular weight is 298 g/mol. The van der Waals surface area contributed by atoms with E-state index in [0.717, 1.165) is 17.8 Å². The van der Waals surface area contributed by atoms with Gasteiger partial charge in [0.1, 0.15) is 0 Å². The predicted molar refractivity (Wildman–Crippen MR) is 99.1 cm³/mol. The first-order chi connectivity index (χ1) is 11.3. The van der Waals surface area contributed by atoms with Crippen molar-refractivity contribution in [1.82, 2.24) is 0 Å². The molecule has 2 heteroatoms. The number of nitrogens with two attached hydrogens (primary N) is 1. The molecule has 1 aliphatic rings. The smallest absolute Gasteiger partial charge is 0.0499 e. The van der Waals surface area contributed by atoms with Crippen molar-refractivity contribution in [3.05, 3.63) is 83.9 Å². The number of hydrogen-bond donors (Lipinski definition) is 2. The Bertz CT molecular complexity index is 879. The van der Waals surface area contributed by atoms with Gasteiger partial charge in [0.25, 0.3) is 0 Å². The molecule has 0 bridgehead atoms. The Labute approximate surface area is 136 Å². The monoisotopic (exact) mass is 298 g/mol. The molecule has 4 rings (SSSR count). The number of anilines is 2. The Morgan fingerprint density at radius 3 is 2.35 bits per heavy atom.